The Labute approximate surface area is 129 Å². The minimum Gasteiger partial charge on any atom is -0.450 e. The summed E-state index contributed by atoms with van der Waals surface area (Å²) in [5.74, 6) is -2.44. The van der Waals surface area contributed by atoms with Crippen LogP contribution in [0.15, 0.2) is 30.3 Å². The van der Waals surface area contributed by atoms with Gasteiger partial charge >= 0.3 is 0 Å². The van der Waals surface area contributed by atoms with E-state index >= 15 is 0 Å². The highest BCUT2D eigenvalue weighted by atomic mass is 35.5. The second kappa shape index (κ2) is 5.91. The normalized spacial score (nSPS) is 10.4. The Hall–Kier alpha value is -1.43. The molecule has 0 aliphatic carbocycles. The molecule has 0 bridgehead atoms. The van der Waals surface area contributed by atoms with Gasteiger partial charge in [0.25, 0.3) is 0 Å². The second-order valence-electron chi connectivity index (χ2n) is 3.81. The molecule has 0 aromatic heterocycles. The van der Waals surface area contributed by atoms with Gasteiger partial charge in [0, 0.05) is 16.7 Å². The van der Waals surface area contributed by atoms with E-state index in [2.05, 4.69) is 12.2 Å². The van der Waals surface area contributed by atoms with Crippen LogP contribution in [0.4, 0.5) is 8.78 Å². The maximum Gasteiger partial charge on any atom is 0.198 e. The number of hydrogen-bond acceptors (Lipinski definition) is 2. The monoisotopic (exact) mass is 333 g/mol. The van der Waals surface area contributed by atoms with Crippen molar-refractivity contribution in [2.75, 3.05) is 0 Å². The van der Waals surface area contributed by atoms with Crippen LogP contribution in [-0.4, -0.2) is 4.99 Å². The maximum atomic E-state index is 13.8. The summed E-state index contributed by atoms with van der Waals surface area (Å²) in [7, 11) is 0. The molecule has 0 atom stereocenters. The number of halogens is 4. The van der Waals surface area contributed by atoms with Gasteiger partial charge in [-0.25, -0.2) is 8.78 Å². The van der Waals surface area contributed by atoms with E-state index in [4.69, 9.17) is 33.7 Å². The summed E-state index contributed by atoms with van der Waals surface area (Å²) in [6, 6.07) is 6.31. The average Bonchev–Trinajstić information content (AvgIpc) is 2.37. The van der Waals surface area contributed by atoms with Crippen molar-refractivity contribution in [1.82, 2.24) is 0 Å². The first-order chi connectivity index (χ1) is 9.38. The number of benzene rings is 2. The van der Waals surface area contributed by atoms with Crippen molar-refractivity contribution in [3.63, 3.8) is 0 Å². The zero-order valence-electron chi connectivity index (χ0n) is 9.79. The van der Waals surface area contributed by atoms with Crippen LogP contribution in [0.25, 0.3) is 0 Å². The van der Waals surface area contributed by atoms with Crippen LogP contribution in [0.5, 0.6) is 11.5 Å². The first kappa shape index (κ1) is 15.0. The summed E-state index contributed by atoms with van der Waals surface area (Å²) in [6.07, 6.45) is 0. The SMILES string of the molecule is NC(=S)c1cc(F)c(Oc2cc(Cl)ccc2Cl)c(F)c1. The first-order valence-corrected chi connectivity index (χ1v) is 6.46. The Balaban J connectivity index is 2.44. The van der Waals surface area contributed by atoms with Gasteiger partial charge in [-0.2, -0.15) is 0 Å². The molecule has 0 saturated heterocycles. The van der Waals surface area contributed by atoms with Crippen molar-refractivity contribution >= 4 is 40.4 Å². The minimum atomic E-state index is -0.941. The first-order valence-electron chi connectivity index (χ1n) is 5.30. The van der Waals surface area contributed by atoms with Crippen LogP contribution < -0.4 is 10.5 Å². The van der Waals surface area contributed by atoms with Crippen LogP contribution >= 0.6 is 35.4 Å². The zero-order chi connectivity index (χ0) is 14.9. The van der Waals surface area contributed by atoms with Gasteiger partial charge in [-0.3, -0.25) is 0 Å². The molecule has 0 radical (unpaired) electrons. The molecule has 0 unspecified atom stereocenters. The highest BCUT2D eigenvalue weighted by Gasteiger charge is 2.16. The molecule has 2 nitrogen and oxygen atoms in total. The molecule has 0 heterocycles. The standard InChI is InChI=1S/C13H7Cl2F2NOS/c14-7-1-2-8(15)11(5-7)19-12-9(16)3-6(13(18)20)4-10(12)17/h1-5H,(H2,18,20). The molecule has 7 heteroatoms. The van der Waals surface area contributed by atoms with Crippen LogP contribution in [0.3, 0.4) is 0 Å². The lowest BCUT2D eigenvalue weighted by molar-refractivity contribution is 0.407. The van der Waals surface area contributed by atoms with E-state index in [0.717, 1.165) is 12.1 Å². The zero-order valence-corrected chi connectivity index (χ0v) is 12.1. The Morgan fingerprint density at radius 2 is 1.70 bits per heavy atom. The molecular formula is C13H7Cl2F2NOS. The summed E-state index contributed by atoms with van der Waals surface area (Å²) in [5.41, 5.74) is 5.39. The molecule has 0 amide bonds. The largest absolute Gasteiger partial charge is 0.450 e. The molecule has 20 heavy (non-hydrogen) atoms. The van der Waals surface area contributed by atoms with Crippen LogP contribution in [0, 0.1) is 11.6 Å². The number of rotatable bonds is 3. The van der Waals surface area contributed by atoms with Crippen molar-refractivity contribution < 1.29 is 13.5 Å². The molecule has 2 aromatic carbocycles. The molecule has 0 aliphatic rings. The van der Waals surface area contributed by atoms with E-state index in [1.54, 1.807) is 0 Å². The fraction of sp³-hybridized carbons (Fsp3) is 0. The smallest absolute Gasteiger partial charge is 0.198 e. The Bertz CT molecular complexity index is 671. The highest BCUT2D eigenvalue weighted by molar-refractivity contribution is 7.80. The Kier molecular flexibility index (Phi) is 4.42. The summed E-state index contributed by atoms with van der Waals surface area (Å²) >= 11 is 16.3. The topological polar surface area (TPSA) is 35.2 Å². The van der Waals surface area contributed by atoms with Gasteiger partial charge in [0.2, 0.25) is 0 Å². The van der Waals surface area contributed by atoms with Gasteiger partial charge in [-0.15, -0.1) is 0 Å². The quantitative estimate of drug-likeness (QED) is 0.827. The van der Waals surface area contributed by atoms with E-state index in [0.29, 0.717) is 5.02 Å². The molecule has 0 aliphatic heterocycles. The van der Waals surface area contributed by atoms with Crippen LogP contribution in [0.1, 0.15) is 5.56 Å². The summed E-state index contributed by atoms with van der Waals surface area (Å²) in [6.45, 7) is 0. The number of hydrogen-bond donors (Lipinski definition) is 1. The Morgan fingerprint density at radius 1 is 1.10 bits per heavy atom. The number of thiocarbonyl (C=S) groups is 1. The molecule has 2 N–H and O–H groups in total. The number of nitrogens with two attached hydrogens (primary N) is 1. The van der Waals surface area contributed by atoms with Crippen LogP contribution in [0.2, 0.25) is 10.0 Å². The van der Waals surface area contributed by atoms with Crippen LogP contribution in [-0.2, 0) is 0 Å². The van der Waals surface area contributed by atoms with Crippen molar-refractivity contribution in [2.24, 2.45) is 5.73 Å². The summed E-state index contributed by atoms with van der Waals surface area (Å²) < 4.78 is 32.8. The minimum absolute atomic E-state index is 0.0417. The summed E-state index contributed by atoms with van der Waals surface area (Å²) in [4.78, 5) is -0.116. The lowest BCUT2D eigenvalue weighted by atomic mass is 10.2. The lowest BCUT2D eigenvalue weighted by Crippen LogP contribution is -2.10. The highest BCUT2D eigenvalue weighted by Crippen LogP contribution is 2.34. The van der Waals surface area contributed by atoms with Crippen molar-refractivity contribution in [3.8, 4) is 11.5 Å². The third-order valence-electron chi connectivity index (χ3n) is 2.39. The van der Waals surface area contributed by atoms with Gasteiger partial charge < -0.3 is 10.5 Å². The van der Waals surface area contributed by atoms with E-state index in [-0.39, 0.29) is 21.3 Å². The maximum absolute atomic E-state index is 13.8. The van der Waals surface area contributed by atoms with Crippen molar-refractivity contribution in [1.29, 1.82) is 0 Å². The van der Waals surface area contributed by atoms with Crippen molar-refractivity contribution in [3.05, 3.63) is 57.6 Å². The molecule has 0 fully saturated rings. The van der Waals surface area contributed by atoms with E-state index < -0.39 is 17.4 Å². The number of ether oxygens (including phenoxy) is 1. The van der Waals surface area contributed by atoms with Crippen molar-refractivity contribution in [2.45, 2.75) is 0 Å². The van der Waals surface area contributed by atoms with E-state index in [9.17, 15) is 8.78 Å². The van der Waals surface area contributed by atoms with Gasteiger partial charge in [0.1, 0.15) is 10.7 Å². The van der Waals surface area contributed by atoms with Gasteiger partial charge in [0.15, 0.2) is 17.4 Å². The van der Waals surface area contributed by atoms with E-state index in [1.165, 1.54) is 18.2 Å². The van der Waals surface area contributed by atoms with Gasteiger partial charge in [-0.05, 0) is 24.3 Å². The molecule has 104 valence electrons. The predicted octanol–water partition coefficient (Wildman–Crippen LogP) is 4.70. The third-order valence-corrected chi connectivity index (χ3v) is 3.17. The molecule has 2 aromatic rings. The Morgan fingerprint density at radius 3 is 2.25 bits per heavy atom. The van der Waals surface area contributed by atoms with Gasteiger partial charge in [0.05, 0.1) is 5.02 Å². The molecule has 0 spiro atoms. The van der Waals surface area contributed by atoms with Gasteiger partial charge in [-0.1, -0.05) is 35.4 Å². The molecule has 2 rings (SSSR count). The fourth-order valence-electron chi connectivity index (χ4n) is 1.47. The lowest BCUT2D eigenvalue weighted by Gasteiger charge is -2.11. The van der Waals surface area contributed by atoms with E-state index in [1.807, 2.05) is 0 Å². The fourth-order valence-corrected chi connectivity index (χ4v) is 1.90. The average molecular weight is 334 g/mol. The predicted molar refractivity (Wildman–Crippen MR) is 78.8 cm³/mol. The molecular weight excluding hydrogens is 327 g/mol. The summed E-state index contributed by atoms with van der Waals surface area (Å²) in [5, 5.41) is 0.497. The second-order valence-corrected chi connectivity index (χ2v) is 5.09. The third kappa shape index (κ3) is 3.17. The molecule has 0 saturated carbocycles.